The molecule has 1 aromatic heterocycles. The molecule has 3 rings (SSSR count). The highest BCUT2D eigenvalue weighted by Gasteiger charge is 2.17. The third-order valence-electron chi connectivity index (χ3n) is 3.82. The summed E-state index contributed by atoms with van der Waals surface area (Å²) in [6, 6.07) is 13.6. The van der Waals surface area contributed by atoms with E-state index in [9.17, 15) is 13.2 Å². The van der Waals surface area contributed by atoms with Gasteiger partial charge in [-0.15, -0.1) is 11.3 Å². The molecule has 0 atom stereocenters. The molecule has 0 saturated heterocycles. The van der Waals surface area contributed by atoms with Gasteiger partial charge in [-0.25, -0.2) is 18.2 Å². The van der Waals surface area contributed by atoms with E-state index in [1.807, 2.05) is 6.92 Å². The molecule has 0 bridgehead atoms. The molecule has 0 radical (unpaired) electrons. The number of rotatable bonds is 5. The zero-order valence-electron chi connectivity index (χ0n) is 14.3. The van der Waals surface area contributed by atoms with Gasteiger partial charge in [0.05, 0.1) is 29.0 Å². The van der Waals surface area contributed by atoms with Crippen molar-refractivity contribution in [1.29, 1.82) is 0 Å². The number of hydrogen-bond donors (Lipinski definition) is 0. The SMILES string of the molecule is COC(=O)c1ccc(-c2nc(CS(=O)(=O)c3ccc(C)cc3)cs2)cc1. The predicted molar refractivity (Wildman–Crippen MR) is 101 cm³/mol. The maximum Gasteiger partial charge on any atom is 0.337 e. The number of esters is 1. The lowest BCUT2D eigenvalue weighted by Gasteiger charge is -2.03. The Morgan fingerprint density at radius 1 is 1.08 bits per heavy atom. The Labute approximate surface area is 156 Å². The van der Waals surface area contributed by atoms with Crippen LogP contribution in [0.15, 0.2) is 58.8 Å². The zero-order chi connectivity index (χ0) is 18.7. The average molecular weight is 387 g/mol. The smallest absolute Gasteiger partial charge is 0.337 e. The summed E-state index contributed by atoms with van der Waals surface area (Å²) >= 11 is 1.37. The minimum Gasteiger partial charge on any atom is -0.465 e. The number of sulfone groups is 1. The Morgan fingerprint density at radius 2 is 1.73 bits per heavy atom. The van der Waals surface area contributed by atoms with Crippen molar-refractivity contribution >= 4 is 27.1 Å². The Hall–Kier alpha value is -2.51. The summed E-state index contributed by atoms with van der Waals surface area (Å²) in [6.07, 6.45) is 0. The average Bonchev–Trinajstić information content (AvgIpc) is 3.09. The molecule has 7 heteroatoms. The van der Waals surface area contributed by atoms with Gasteiger partial charge in [-0.3, -0.25) is 0 Å². The molecule has 0 aliphatic rings. The normalized spacial score (nSPS) is 11.3. The predicted octanol–water partition coefficient (Wildman–Crippen LogP) is 3.88. The molecule has 134 valence electrons. The van der Waals surface area contributed by atoms with Crippen LogP contribution in [0.4, 0.5) is 0 Å². The molecule has 26 heavy (non-hydrogen) atoms. The number of aryl methyl sites for hydroxylation is 1. The van der Waals surface area contributed by atoms with Crippen molar-refractivity contribution in [3.8, 4) is 10.6 Å². The highest BCUT2D eigenvalue weighted by molar-refractivity contribution is 7.90. The zero-order valence-corrected chi connectivity index (χ0v) is 15.9. The van der Waals surface area contributed by atoms with Crippen LogP contribution in [0.5, 0.6) is 0 Å². The standard InChI is InChI=1S/C19H17NO4S2/c1-13-3-9-17(10-4-13)26(22,23)12-16-11-25-18(20-16)14-5-7-15(8-6-14)19(21)24-2/h3-11H,12H2,1-2H3. The van der Waals surface area contributed by atoms with Gasteiger partial charge in [0.25, 0.3) is 0 Å². The number of benzene rings is 2. The summed E-state index contributed by atoms with van der Waals surface area (Å²) in [7, 11) is -2.11. The van der Waals surface area contributed by atoms with Gasteiger partial charge in [0.1, 0.15) is 5.01 Å². The highest BCUT2D eigenvalue weighted by Crippen LogP contribution is 2.26. The molecular formula is C19H17NO4S2. The van der Waals surface area contributed by atoms with Crippen LogP contribution < -0.4 is 0 Å². The Kier molecular flexibility index (Phi) is 5.20. The largest absolute Gasteiger partial charge is 0.465 e. The summed E-state index contributed by atoms with van der Waals surface area (Å²) in [5.74, 6) is -0.548. The Bertz CT molecular complexity index is 1020. The topological polar surface area (TPSA) is 73.3 Å². The molecule has 2 aromatic carbocycles. The maximum atomic E-state index is 12.5. The number of nitrogens with zero attached hydrogens (tertiary/aromatic N) is 1. The molecule has 0 amide bonds. The highest BCUT2D eigenvalue weighted by atomic mass is 32.2. The Morgan fingerprint density at radius 3 is 2.35 bits per heavy atom. The number of thiazole rings is 1. The van der Waals surface area contributed by atoms with Gasteiger partial charge >= 0.3 is 5.97 Å². The quantitative estimate of drug-likeness (QED) is 0.621. The van der Waals surface area contributed by atoms with E-state index in [0.29, 0.717) is 21.2 Å². The number of carbonyl (C=O) groups is 1. The third-order valence-corrected chi connectivity index (χ3v) is 6.43. The fourth-order valence-corrected chi connectivity index (χ4v) is 4.58. The van der Waals surface area contributed by atoms with Gasteiger partial charge in [0.15, 0.2) is 9.84 Å². The van der Waals surface area contributed by atoms with Gasteiger partial charge in [-0.05, 0) is 31.2 Å². The summed E-state index contributed by atoms with van der Waals surface area (Å²) in [4.78, 5) is 16.2. The number of hydrogen-bond acceptors (Lipinski definition) is 6. The van der Waals surface area contributed by atoms with Crippen LogP contribution in [-0.4, -0.2) is 26.5 Å². The van der Waals surface area contributed by atoms with E-state index in [1.54, 1.807) is 53.9 Å². The first kappa shape index (κ1) is 18.3. The minimum absolute atomic E-state index is 0.146. The van der Waals surface area contributed by atoms with Gasteiger partial charge in [-0.1, -0.05) is 29.8 Å². The summed E-state index contributed by atoms with van der Waals surface area (Å²) in [5, 5.41) is 2.45. The minimum atomic E-state index is -3.44. The van der Waals surface area contributed by atoms with E-state index in [2.05, 4.69) is 9.72 Å². The van der Waals surface area contributed by atoms with Crippen LogP contribution in [0.3, 0.4) is 0 Å². The van der Waals surface area contributed by atoms with Crippen LogP contribution in [-0.2, 0) is 20.3 Å². The first-order valence-electron chi connectivity index (χ1n) is 7.81. The van der Waals surface area contributed by atoms with Crippen molar-refractivity contribution in [2.24, 2.45) is 0 Å². The fraction of sp³-hybridized carbons (Fsp3) is 0.158. The lowest BCUT2D eigenvalue weighted by molar-refractivity contribution is 0.0600. The number of carbonyl (C=O) groups excluding carboxylic acids is 1. The Balaban J connectivity index is 1.79. The third kappa shape index (κ3) is 4.00. The lowest BCUT2D eigenvalue weighted by atomic mass is 10.1. The van der Waals surface area contributed by atoms with Crippen LogP contribution in [0.25, 0.3) is 10.6 Å². The van der Waals surface area contributed by atoms with Gasteiger partial charge in [-0.2, -0.15) is 0 Å². The van der Waals surface area contributed by atoms with Gasteiger partial charge in [0, 0.05) is 10.9 Å². The summed E-state index contributed by atoms with van der Waals surface area (Å²) in [6.45, 7) is 1.91. The lowest BCUT2D eigenvalue weighted by Crippen LogP contribution is -2.05. The van der Waals surface area contributed by atoms with Crippen molar-refractivity contribution < 1.29 is 17.9 Å². The van der Waals surface area contributed by atoms with E-state index < -0.39 is 15.8 Å². The number of aromatic nitrogens is 1. The molecular weight excluding hydrogens is 370 g/mol. The molecule has 0 spiro atoms. The van der Waals surface area contributed by atoms with Crippen LogP contribution in [0.2, 0.25) is 0 Å². The monoisotopic (exact) mass is 387 g/mol. The van der Waals surface area contributed by atoms with Crippen LogP contribution >= 0.6 is 11.3 Å². The van der Waals surface area contributed by atoms with E-state index >= 15 is 0 Å². The first-order chi connectivity index (χ1) is 12.4. The second-order valence-corrected chi connectivity index (χ2v) is 8.63. The molecule has 0 aliphatic heterocycles. The van der Waals surface area contributed by atoms with E-state index in [4.69, 9.17) is 0 Å². The van der Waals surface area contributed by atoms with Crippen molar-refractivity contribution in [3.05, 3.63) is 70.7 Å². The first-order valence-corrected chi connectivity index (χ1v) is 10.3. The number of methoxy groups -OCH3 is 1. The van der Waals surface area contributed by atoms with E-state index in [-0.39, 0.29) is 5.75 Å². The molecule has 3 aromatic rings. The van der Waals surface area contributed by atoms with Crippen molar-refractivity contribution in [2.45, 2.75) is 17.6 Å². The molecule has 5 nitrogen and oxygen atoms in total. The van der Waals surface area contributed by atoms with Gasteiger partial charge in [0.2, 0.25) is 0 Å². The molecule has 1 heterocycles. The van der Waals surface area contributed by atoms with Crippen molar-refractivity contribution in [3.63, 3.8) is 0 Å². The molecule has 0 unspecified atom stereocenters. The van der Waals surface area contributed by atoms with Crippen LogP contribution in [0, 0.1) is 6.92 Å². The van der Waals surface area contributed by atoms with Crippen molar-refractivity contribution in [2.75, 3.05) is 7.11 Å². The molecule has 0 aliphatic carbocycles. The molecule has 0 fully saturated rings. The molecule has 0 N–H and O–H groups in total. The summed E-state index contributed by atoms with van der Waals surface area (Å²) < 4.78 is 29.7. The van der Waals surface area contributed by atoms with Crippen molar-refractivity contribution in [1.82, 2.24) is 4.98 Å². The van der Waals surface area contributed by atoms with Gasteiger partial charge < -0.3 is 4.74 Å². The van der Waals surface area contributed by atoms with E-state index in [1.165, 1.54) is 18.4 Å². The second kappa shape index (κ2) is 7.39. The maximum absolute atomic E-state index is 12.5. The number of ether oxygens (including phenoxy) is 1. The summed E-state index contributed by atoms with van der Waals surface area (Å²) in [5.41, 5.74) is 2.79. The van der Waals surface area contributed by atoms with Crippen LogP contribution in [0.1, 0.15) is 21.6 Å². The fourth-order valence-electron chi connectivity index (χ4n) is 2.40. The molecule has 0 saturated carbocycles. The van der Waals surface area contributed by atoms with E-state index in [0.717, 1.165) is 11.1 Å². The second-order valence-electron chi connectivity index (χ2n) is 5.79.